The number of benzene rings is 2. The van der Waals surface area contributed by atoms with Crippen molar-refractivity contribution in [1.29, 1.82) is 0 Å². The number of nitrogens with one attached hydrogen (secondary N) is 2. The first-order chi connectivity index (χ1) is 15.0. The number of rotatable bonds is 8. The predicted octanol–water partition coefficient (Wildman–Crippen LogP) is 3.72. The lowest BCUT2D eigenvalue weighted by Gasteiger charge is -2.15. The summed E-state index contributed by atoms with van der Waals surface area (Å²) in [4.78, 5) is 25.8. The van der Waals surface area contributed by atoms with Crippen molar-refractivity contribution in [2.45, 2.75) is 0 Å². The van der Waals surface area contributed by atoms with Crippen molar-refractivity contribution in [3.05, 3.63) is 77.9 Å². The minimum absolute atomic E-state index is 0.00226. The molecule has 1 heterocycles. The number of para-hydroxylation sites is 1. The number of carbonyl (C=O) groups is 2. The summed E-state index contributed by atoms with van der Waals surface area (Å²) >= 11 is 0. The highest BCUT2D eigenvalue weighted by Gasteiger charge is 2.20. The molecule has 0 saturated carbocycles. The third-order valence-corrected chi connectivity index (χ3v) is 4.28. The molecule has 2 N–H and O–H groups in total. The summed E-state index contributed by atoms with van der Waals surface area (Å²) in [7, 11) is 4.38. The van der Waals surface area contributed by atoms with Crippen molar-refractivity contribution < 1.29 is 28.2 Å². The first-order valence-electron chi connectivity index (χ1n) is 9.28. The highest BCUT2D eigenvalue weighted by atomic mass is 16.5. The number of furan rings is 1. The topological polar surface area (TPSA) is 99.0 Å². The fourth-order valence-electron chi connectivity index (χ4n) is 2.80. The van der Waals surface area contributed by atoms with Crippen LogP contribution < -0.4 is 24.8 Å². The maximum Gasteiger partial charge on any atom is 0.272 e. The van der Waals surface area contributed by atoms with Crippen molar-refractivity contribution in [3.8, 4) is 17.2 Å². The molecule has 3 rings (SSSR count). The van der Waals surface area contributed by atoms with E-state index in [-0.39, 0.29) is 11.3 Å². The molecule has 0 aliphatic rings. The van der Waals surface area contributed by atoms with Gasteiger partial charge in [-0.3, -0.25) is 9.59 Å². The number of hydrogen-bond donors (Lipinski definition) is 2. The van der Waals surface area contributed by atoms with Crippen molar-refractivity contribution in [1.82, 2.24) is 5.32 Å². The summed E-state index contributed by atoms with van der Waals surface area (Å²) in [5.41, 5.74) is 0.796. The van der Waals surface area contributed by atoms with Crippen LogP contribution in [-0.2, 0) is 4.79 Å². The van der Waals surface area contributed by atoms with Gasteiger partial charge in [0.1, 0.15) is 11.5 Å². The maximum absolute atomic E-state index is 13.0. The lowest BCUT2D eigenvalue weighted by atomic mass is 10.1. The minimum atomic E-state index is -0.541. The zero-order valence-corrected chi connectivity index (χ0v) is 17.3. The molecule has 0 unspecified atom stereocenters. The van der Waals surface area contributed by atoms with Gasteiger partial charge in [0.05, 0.1) is 27.6 Å². The van der Waals surface area contributed by atoms with Crippen LogP contribution in [0.3, 0.4) is 0 Å². The average Bonchev–Trinajstić information content (AvgIpc) is 3.31. The van der Waals surface area contributed by atoms with Gasteiger partial charge in [0.25, 0.3) is 11.8 Å². The molecule has 0 fully saturated rings. The number of anilines is 1. The summed E-state index contributed by atoms with van der Waals surface area (Å²) in [6.07, 6.45) is 2.91. The lowest BCUT2D eigenvalue weighted by molar-refractivity contribution is -0.113. The monoisotopic (exact) mass is 422 g/mol. The van der Waals surface area contributed by atoms with Crippen LogP contribution in [0.4, 0.5) is 5.69 Å². The standard InChI is InChI=1S/C23H22N2O6/c1-28-19-12-15(13-20(29-2)21(19)30-3)22(26)25-18(14-17-10-7-11-31-17)23(27)24-16-8-5-4-6-9-16/h4-14H,1-3H3,(H,24,27)(H,25,26). The minimum Gasteiger partial charge on any atom is -0.493 e. The van der Waals surface area contributed by atoms with E-state index >= 15 is 0 Å². The summed E-state index contributed by atoms with van der Waals surface area (Å²) in [6.45, 7) is 0. The third-order valence-electron chi connectivity index (χ3n) is 4.28. The molecule has 1 aromatic heterocycles. The molecule has 0 atom stereocenters. The normalized spacial score (nSPS) is 10.9. The van der Waals surface area contributed by atoms with E-state index in [0.29, 0.717) is 28.7 Å². The molecule has 0 spiro atoms. The van der Waals surface area contributed by atoms with Gasteiger partial charge in [-0.25, -0.2) is 0 Å². The second-order valence-corrected chi connectivity index (χ2v) is 6.26. The number of carbonyl (C=O) groups excluding carboxylic acids is 2. The zero-order chi connectivity index (χ0) is 22.2. The van der Waals surface area contributed by atoms with E-state index < -0.39 is 11.8 Å². The summed E-state index contributed by atoms with van der Waals surface area (Å²) in [5, 5.41) is 5.37. The van der Waals surface area contributed by atoms with Crippen LogP contribution in [-0.4, -0.2) is 33.1 Å². The highest BCUT2D eigenvalue weighted by Crippen LogP contribution is 2.38. The molecular formula is C23H22N2O6. The number of ether oxygens (including phenoxy) is 3. The van der Waals surface area contributed by atoms with Crippen LogP contribution in [0.1, 0.15) is 16.1 Å². The van der Waals surface area contributed by atoms with E-state index in [1.807, 2.05) is 6.07 Å². The van der Waals surface area contributed by atoms with Crippen LogP contribution in [0.25, 0.3) is 6.08 Å². The Hall–Kier alpha value is -4.20. The molecule has 0 aliphatic heterocycles. The van der Waals surface area contributed by atoms with Gasteiger partial charge in [0.15, 0.2) is 11.5 Å². The third kappa shape index (κ3) is 5.24. The molecule has 31 heavy (non-hydrogen) atoms. The Kier molecular flexibility index (Phi) is 6.95. The quantitative estimate of drug-likeness (QED) is 0.537. The molecule has 0 radical (unpaired) electrons. The van der Waals surface area contributed by atoms with Gasteiger partial charge in [0.2, 0.25) is 5.75 Å². The first-order valence-corrected chi connectivity index (χ1v) is 9.28. The number of methoxy groups -OCH3 is 3. The van der Waals surface area contributed by atoms with Crippen LogP contribution in [0.2, 0.25) is 0 Å². The van der Waals surface area contributed by atoms with Crippen LogP contribution in [0.5, 0.6) is 17.2 Å². The Morgan fingerprint density at radius 3 is 2.13 bits per heavy atom. The van der Waals surface area contributed by atoms with Crippen molar-refractivity contribution in [3.63, 3.8) is 0 Å². The molecule has 0 aliphatic carbocycles. The van der Waals surface area contributed by atoms with Crippen molar-refractivity contribution >= 4 is 23.6 Å². The van der Waals surface area contributed by atoms with Gasteiger partial charge >= 0.3 is 0 Å². The van der Waals surface area contributed by atoms with Gasteiger partial charge < -0.3 is 29.3 Å². The van der Waals surface area contributed by atoms with Gasteiger partial charge in [-0.1, -0.05) is 18.2 Å². The van der Waals surface area contributed by atoms with Crippen molar-refractivity contribution in [2.75, 3.05) is 26.6 Å². The predicted molar refractivity (Wildman–Crippen MR) is 115 cm³/mol. The second kappa shape index (κ2) is 10.0. The van der Waals surface area contributed by atoms with E-state index in [9.17, 15) is 9.59 Å². The SMILES string of the molecule is COc1cc(C(=O)NC(=Cc2ccco2)C(=O)Nc2ccccc2)cc(OC)c1OC. The van der Waals surface area contributed by atoms with Gasteiger partial charge in [-0.15, -0.1) is 0 Å². The maximum atomic E-state index is 13.0. The highest BCUT2D eigenvalue weighted by molar-refractivity contribution is 6.10. The molecule has 2 aromatic carbocycles. The zero-order valence-electron chi connectivity index (χ0n) is 17.3. The Morgan fingerprint density at radius 2 is 1.58 bits per heavy atom. The van der Waals surface area contributed by atoms with Crippen LogP contribution in [0.15, 0.2) is 71.0 Å². The summed E-state index contributed by atoms with van der Waals surface area (Å²) < 4.78 is 21.2. The number of hydrogen-bond acceptors (Lipinski definition) is 6. The second-order valence-electron chi connectivity index (χ2n) is 6.26. The van der Waals surface area contributed by atoms with E-state index in [2.05, 4.69) is 10.6 Å². The molecule has 0 bridgehead atoms. The van der Waals surface area contributed by atoms with E-state index in [4.69, 9.17) is 18.6 Å². The molecule has 160 valence electrons. The molecule has 2 amide bonds. The molecule has 8 heteroatoms. The molecule has 8 nitrogen and oxygen atoms in total. The number of amides is 2. The molecule has 3 aromatic rings. The lowest BCUT2D eigenvalue weighted by Crippen LogP contribution is -2.30. The van der Waals surface area contributed by atoms with Gasteiger partial charge in [-0.05, 0) is 36.4 Å². The molecule has 0 saturated heterocycles. The molecular weight excluding hydrogens is 400 g/mol. The van der Waals surface area contributed by atoms with Gasteiger partial charge in [0, 0.05) is 17.3 Å². The van der Waals surface area contributed by atoms with E-state index in [0.717, 1.165) is 0 Å². The van der Waals surface area contributed by atoms with E-state index in [1.165, 1.54) is 45.8 Å². The Balaban J connectivity index is 1.91. The van der Waals surface area contributed by atoms with Crippen LogP contribution >= 0.6 is 0 Å². The first kappa shape index (κ1) is 21.5. The van der Waals surface area contributed by atoms with Crippen molar-refractivity contribution in [2.24, 2.45) is 0 Å². The fourth-order valence-corrected chi connectivity index (χ4v) is 2.80. The summed E-state index contributed by atoms with van der Waals surface area (Å²) in [5.74, 6) is 0.344. The average molecular weight is 422 g/mol. The smallest absolute Gasteiger partial charge is 0.272 e. The fraction of sp³-hybridized carbons (Fsp3) is 0.130. The largest absolute Gasteiger partial charge is 0.493 e. The Labute approximate surface area is 179 Å². The van der Waals surface area contributed by atoms with Crippen LogP contribution in [0, 0.1) is 0 Å². The Bertz CT molecular complexity index is 1050. The Morgan fingerprint density at radius 1 is 0.903 bits per heavy atom. The van der Waals surface area contributed by atoms with E-state index in [1.54, 1.807) is 36.4 Å². The van der Waals surface area contributed by atoms with Gasteiger partial charge in [-0.2, -0.15) is 0 Å². The summed E-state index contributed by atoms with van der Waals surface area (Å²) in [6, 6.07) is 15.2.